The molecule has 0 fully saturated rings. The fourth-order valence-electron chi connectivity index (χ4n) is 1.84. The zero-order valence-electron chi connectivity index (χ0n) is 10.2. The Bertz CT molecular complexity index is 420. The van der Waals surface area contributed by atoms with Crippen molar-refractivity contribution in [3.05, 3.63) is 23.5 Å². The van der Waals surface area contributed by atoms with Crippen molar-refractivity contribution in [3.8, 4) is 11.5 Å². The Morgan fingerprint density at radius 2 is 1.83 bits per heavy atom. The Kier molecular flexibility index (Phi) is 4.04. The molecule has 1 heterocycles. The predicted molar refractivity (Wildman–Crippen MR) is 63.4 cm³/mol. The maximum atomic E-state index is 13.7. The minimum absolute atomic E-state index is 0.300. The molecule has 4 nitrogen and oxygen atoms in total. The molecule has 0 aliphatic carbocycles. The van der Waals surface area contributed by atoms with Crippen LogP contribution in [0.5, 0.6) is 11.5 Å². The third kappa shape index (κ3) is 2.91. The third-order valence-corrected chi connectivity index (χ3v) is 2.98. The average Bonchev–Trinajstić information content (AvgIpc) is 2.35. The molecule has 2 N–H and O–H groups in total. The van der Waals surface area contributed by atoms with Crippen molar-refractivity contribution in [2.24, 2.45) is 0 Å². The summed E-state index contributed by atoms with van der Waals surface area (Å²) in [6.45, 7) is 2.38. The van der Waals surface area contributed by atoms with E-state index >= 15 is 0 Å². The van der Waals surface area contributed by atoms with Gasteiger partial charge in [0.15, 0.2) is 11.5 Å². The van der Waals surface area contributed by atoms with Crippen molar-refractivity contribution in [3.63, 3.8) is 0 Å². The minimum atomic E-state index is -0.849. The highest BCUT2D eigenvalue weighted by molar-refractivity contribution is 5.44. The number of hydrogen-bond acceptors (Lipinski definition) is 4. The Morgan fingerprint density at radius 1 is 1.22 bits per heavy atom. The number of ether oxygens (including phenoxy) is 2. The molecule has 0 saturated carbocycles. The Morgan fingerprint density at radius 3 is 2.44 bits per heavy atom. The summed E-state index contributed by atoms with van der Waals surface area (Å²) < 4.78 is 24.4. The number of aryl methyl sites for hydroxylation is 1. The van der Waals surface area contributed by atoms with Crippen LogP contribution in [-0.4, -0.2) is 35.6 Å². The molecule has 0 amide bonds. The van der Waals surface area contributed by atoms with Crippen molar-refractivity contribution in [2.45, 2.75) is 32.0 Å². The fourth-order valence-corrected chi connectivity index (χ4v) is 1.84. The first-order valence-electron chi connectivity index (χ1n) is 6.02. The van der Waals surface area contributed by atoms with Crippen LogP contribution >= 0.6 is 0 Å². The highest BCUT2D eigenvalue weighted by atomic mass is 19.1. The van der Waals surface area contributed by atoms with E-state index in [4.69, 9.17) is 9.47 Å². The number of benzene rings is 1. The van der Waals surface area contributed by atoms with Crippen LogP contribution in [0.2, 0.25) is 0 Å². The highest BCUT2D eigenvalue weighted by Gasteiger charge is 2.17. The fraction of sp³-hybridized carbons (Fsp3) is 0.538. The van der Waals surface area contributed by atoms with E-state index in [1.807, 2.05) is 0 Å². The quantitative estimate of drug-likeness (QED) is 0.851. The van der Waals surface area contributed by atoms with Crippen LogP contribution in [0.25, 0.3) is 0 Å². The minimum Gasteiger partial charge on any atom is -0.486 e. The summed E-state index contributed by atoms with van der Waals surface area (Å²) in [7, 11) is 0. The van der Waals surface area contributed by atoms with Crippen molar-refractivity contribution < 1.29 is 24.1 Å². The van der Waals surface area contributed by atoms with E-state index in [0.717, 1.165) is 0 Å². The Hall–Kier alpha value is -1.33. The molecule has 1 aliphatic heterocycles. The van der Waals surface area contributed by atoms with Crippen LogP contribution in [0.3, 0.4) is 0 Å². The van der Waals surface area contributed by atoms with E-state index in [1.54, 1.807) is 6.07 Å². The van der Waals surface area contributed by atoms with E-state index in [2.05, 4.69) is 0 Å². The lowest BCUT2D eigenvalue weighted by molar-refractivity contribution is 0.0264. The van der Waals surface area contributed by atoms with Gasteiger partial charge in [0.2, 0.25) is 0 Å². The standard InChI is InChI=1S/C13H17FO4/c1-8(15)11(16)3-2-9-6-12-13(7-10(9)14)18-5-4-17-12/h6-8,11,15-16H,2-5H2,1H3. The summed E-state index contributed by atoms with van der Waals surface area (Å²) in [6, 6.07) is 2.90. The second-order valence-corrected chi connectivity index (χ2v) is 4.43. The molecule has 0 aromatic heterocycles. The maximum Gasteiger partial charge on any atom is 0.164 e. The number of fused-ring (bicyclic) bond motifs is 1. The molecule has 0 saturated heterocycles. The van der Waals surface area contributed by atoms with Crippen LogP contribution < -0.4 is 9.47 Å². The Balaban J connectivity index is 2.08. The summed E-state index contributed by atoms with van der Waals surface area (Å²) in [5.41, 5.74) is 0.457. The average molecular weight is 256 g/mol. The second kappa shape index (κ2) is 5.54. The Labute approximate surface area is 105 Å². The van der Waals surface area contributed by atoms with Gasteiger partial charge in [-0.15, -0.1) is 0 Å². The molecule has 2 unspecified atom stereocenters. The van der Waals surface area contributed by atoms with Crippen molar-refractivity contribution >= 4 is 0 Å². The van der Waals surface area contributed by atoms with Crippen LogP contribution in [0.15, 0.2) is 12.1 Å². The van der Waals surface area contributed by atoms with Gasteiger partial charge in [-0.05, 0) is 31.4 Å². The maximum absolute atomic E-state index is 13.7. The summed E-state index contributed by atoms with van der Waals surface area (Å²) in [6.07, 6.45) is -1.02. The smallest absolute Gasteiger partial charge is 0.164 e. The van der Waals surface area contributed by atoms with Gasteiger partial charge in [0.25, 0.3) is 0 Å². The first-order valence-corrected chi connectivity index (χ1v) is 6.02. The summed E-state index contributed by atoms with van der Waals surface area (Å²) in [4.78, 5) is 0. The van der Waals surface area contributed by atoms with Crippen molar-refractivity contribution in [1.29, 1.82) is 0 Å². The van der Waals surface area contributed by atoms with Crippen LogP contribution in [0, 0.1) is 5.82 Å². The molecule has 2 rings (SSSR count). The molecule has 0 radical (unpaired) electrons. The molecule has 1 aliphatic rings. The van der Waals surface area contributed by atoms with E-state index in [-0.39, 0.29) is 5.82 Å². The lowest BCUT2D eigenvalue weighted by atomic mass is 10.0. The molecule has 5 heteroatoms. The largest absolute Gasteiger partial charge is 0.486 e. The summed E-state index contributed by atoms with van der Waals surface area (Å²) in [5.74, 6) is 0.569. The van der Waals surface area contributed by atoms with Gasteiger partial charge in [0, 0.05) is 6.07 Å². The number of rotatable bonds is 4. The monoisotopic (exact) mass is 256 g/mol. The van der Waals surface area contributed by atoms with Crippen molar-refractivity contribution in [1.82, 2.24) is 0 Å². The molecule has 0 spiro atoms. The molecular weight excluding hydrogens is 239 g/mol. The van der Waals surface area contributed by atoms with Crippen LogP contribution in [0.1, 0.15) is 18.9 Å². The van der Waals surface area contributed by atoms with Gasteiger partial charge < -0.3 is 19.7 Å². The number of aliphatic hydroxyl groups excluding tert-OH is 2. The van der Waals surface area contributed by atoms with E-state index in [9.17, 15) is 14.6 Å². The lowest BCUT2D eigenvalue weighted by Gasteiger charge is -2.20. The SMILES string of the molecule is CC(O)C(O)CCc1cc2c(cc1F)OCCO2. The van der Waals surface area contributed by atoms with Gasteiger partial charge in [-0.2, -0.15) is 0 Å². The molecular formula is C13H17FO4. The van der Waals surface area contributed by atoms with E-state index in [0.29, 0.717) is 43.1 Å². The molecule has 0 bridgehead atoms. The number of halogens is 1. The van der Waals surface area contributed by atoms with Gasteiger partial charge in [-0.3, -0.25) is 0 Å². The predicted octanol–water partition coefficient (Wildman–Crippen LogP) is 1.27. The second-order valence-electron chi connectivity index (χ2n) is 4.43. The van der Waals surface area contributed by atoms with Crippen LogP contribution in [-0.2, 0) is 6.42 Å². The normalized spacial score (nSPS) is 17.3. The van der Waals surface area contributed by atoms with Crippen molar-refractivity contribution in [2.75, 3.05) is 13.2 Å². The first kappa shape index (κ1) is 13.1. The lowest BCUT2D eigenvalue weighted by Crippen LogP contribution is -2.23. The van der Waals surface area contributed by atoms with E-state index in [1.165, 1.54) is 13.0 Å². The summed E-state index contributed by atoms with van der Waals surface area (Å²) >= 11 is 0. The van der Waals surface area contributed by atoms with Gasteiger partial charge in [-0.25, -0.2) is 4.39 Å². The van der Waals surface area contributed by atoms with Gasteiger partial charge in [-0.1, -0.05) is 0 Å². The molecule has 2 atom stereocenters. The topological polar surface area (TPSA) is 58.9 Å². The summed E-state index contributed by atoms with van der Waals surface area (Å²) in [5, 5.41) is 18.7. The number of hydrogen-bond donors (Lipinski definition) is 2. The zero-order chi connectivity index (χ0) is 13.1. The third-order valence-electron chi connectivity index (χ3n) is 2.98. The van der Waals surface area contributed by atoms with E-state index < -0.39 is 12.2 Å². The zero-order valence-corrected chi connectivity index (χ0v) is 10.2. The molecule has 18 heavy (non-hydrogen) atoms. The molecule has 1 aromatic rings. The number of aliphatic hydroxyl groups is 2. The highest BCUT2D eigenvalue weighted by Crippen LogP contribution is 2.33. The molecule has 1 aromatic carbocycles. The van der Waals surface area contributed by atoms with Gasteiger partial charge in [0.05, 0.1) is 12.2 Å². The van der Waals surface area contributed by atoms with Crippen LogP contribution in [0.4, 0.5) is 4.39 Å². The van der Waals surface area contributed by atoms with Gasteiger partial charge in [0.1, 0.15) is 19.0 Å². The van der Waals surface area contributed by atoms with Gasteiger partial charge >= 0.3 is 0 Å². The first-order chi connectivity index (χ1) is 8.58. The molecule has 100 valence electrons.